The SMILES string of the molecule is CNN1C(C2CC2)=NS(=O)(=O)c2cc([N+](=O)[O-])ccc21. The van der Waals surface area contributed by atoms with Crippen molar-refractivity contribution in [2.45, 2.75) is 17.7 Å². The molecule has 0 aromatic heterocycles. The topological polar surface area (TPSA) is 105 Å². The summed E-state index contributed by atoms with van der Waals surface area (Å²) >= 11 is 0. The van der Waals surface area contributed by atoms with Gasteiger partial charge in [-0.2, -0.15) is 8.42 Å². The average molecular weight is 296 g/mol. The normalized spacial score (nSPS) is 20.2. The molecule has 8 nitrogen and oxygen atoms in total. The van der Waals surface area contributed by atoms with Crippen LogP contribution in [0, 0.1) is 16.0 Å². The molecular formula is C11H12N4O4S. The minimum absolute atomic E-state index is 0.126. The smallest absolute Gasteiger partial charge is 0.261 e. The van der Waals surface area contributed by atoms with E-state index in [1.165, 1.54) is 12.1 Å². The molecule has 0 bridgehead atoms. The van der Waals surface area contributed by atoms with E-state index < -0.39 is 14.9 Å². The number of fused-ring (bicyclic) bond motifs is 1. The van der Waals surface area contributed by atoms with Crippen LogP contribution in [0.5, 0.6) is 0 Å². The highest BCUT2D eigenvalue weighted by Crippen LogP contribution is 2.40. The predicted molar refractivity (Wildman–Crippen MR) is 72.0 cm³/mol. The van der Waals surface area contributed by atoms with Gasteiger partial charge in [0.25, 0.3) is 15.7 Å². The summed E-state index contributed by atoms with van der Waals surface area (Å²) in [4.78, 5) is 10.0. The van der Waals surface area contributed by atoms with Gasteiger partial charge < -0.3 is 0 Å². The first-order valence-corrected chi connectivity index (χ1v) is 7.49. The van der Waals surface area contributed by atoms with Gasteiger partial charge in [-0.25, -0.2) is 5.43 Å². The number of hydrogen-bond donors (Lipinski definition) is 1. The zero-order chi connectivity index (χ0) is 14.5. The third kappa shape index (κ3) is 1.95. The Hall–Kier alpha value is -2.00. The summed E-state index contributed by atoms with van der Waals surface area (Å²) in [5, 5.41) is 12.4. The van der Waals surface area contributed by atoms with Crippen molar-refractivity contribution in [1.29, 1.82) is 0 Å². The molecule has 2 aliphatic rings. The van der Waals surface area contributed by atoms with Gasteiger partial charge in [0.1, 0.15) is 10.7 Å². The molecule has 20 heavy (non-hydrogen) atoms. The largest absolute Gasteiger partial charge is 0.286 e. The van der Waals surface area contributed by atoms with E-state index in [2.05, 4.69) is 9.82 Å². The first-order chi connectivity index (χ1) is 9.44. The third-order valence-electron chi connectivity index (χ3n) is 3.28. The summed E-state index contributed by atoms with van der Waals surface area (Å²) in [5.74, 6) is 0.578. The van der Waals surface area contributed by atoms with E-state index in [0.717, 1.165) is 18.9 Å². The van der Waals surface area contributed by atoms with Crippen molar-refractivity contribution >= 4 is 27.2 Å². The maximum atomic E-state index is 12.2. The summed E-state index contributed by atoms with van der Waals surface area (Å²) in [6.07, 6.45) is 1.80. The van der Waals surface area contributed by atoms with Gasteiger partial charge in [0.15, 0.2) is 0 Å². The van der Waals surface area contributed by atoms with Crippen LogP contribution in [0.4, 0.5) is 11.4 Å². The second-order valence-electron chi connectivity index (χ2n) is 4.67. The standard InChI is InChI=1S/C11H12N4O4S/c1-12-14-9-5-4-8(15(16)17)6-10(9)20(18,19)13-11(14)7-2-3-7/h4-7,12H,2-3H2,1H3. The maximum absolute atomic E-state index is 12.2. The first-order valence-electron chi connectivity index (χ1n) is 6.05. The average Bonchev–Trinajstić information content (AvgIpc) is 3.22. The first kappa shape index (κ1) is 13.0. The fourth-order valence-corrected chi connectivity index (χ4v) is 3.45. The predicted octanol–water partition coefficient (Wildman–Crippen LogP) is 1.05. The maximum Gasteiger partial charge on any atom is 0.286 e. The monoisotopic (exact) mass is 296 g/mol. The van der Waals surface area contributed by atoms with Crippen molar-refractivity contribution in [2.24, 2.45) is 10.3 Å². The van der Waals surface area contributed by atoms with Gasteiger partial charge in [0.2, 0.25) is 0 Å². The molecule has 0 unspecified atom stereocenters. The van der Waals surface area contributed by atoms with Crippen LogP contribution in [-0.4, -0.2) is 26.2 Å². The summed E-state index contributed by atoms with van der Waals surface area (Å²) in [7, 11) is -2.24. The van der Waals surface area contributed by atoms with E-state index in [9.17, 15) is 18.5 Å². The van der Waals surface area contributed by atoms with Crippen molar-refractivity contribution in [3.8, 4) is 0 Å². The second-order valence-corrected chi connectivity index (χ2v) is 6.24. The minimum atomic E-state index is -3.89. The van der Waals surface area contributed by atoms with Crippen LogP contribution < -0.4 is 10.4 Å². The summed E-state index contributed by atoms with van der Waals surface area (Å²) < 4.78 is 28.2. The molecular weight excluding hydrogens is 284 g/mol. The Balaban J connectivity index is 2.20. The van der Waals surface area contributed by atoms with Gasteiger partial charge in [-0.05, 0) is 18.9 Å². The van der Waals surface area contributed by atoms with Crippen LogP contribution in [-0.2, 0) is 10.0 Å². The Labute approximate surface area is 115 Å². The lowest BCUT2D eigenvalue weighted by molar-refractivity contribution is -0.385. The van der Waals surface area contributed by atoms with Crippen LogP contribution in [0.1, 0.15) is 12.8 Å². The van der Waals surface area contributed by atoms with Gasteiger partial charge in [-0.1, -0.05) is 0 Å². The van der Waals surface area contributed by atoms with E-state index in [1.54, 1.807) is 12.1 Å². The molecule has 9 heteroatoms. The molecule has 106 valence electrons. The quantitative estimate of drug-likeness (QED) is 0.660. The number of hydrogen-bond acceptors (Lipinski definition) is 6. The zero-order valence-corrected chi connectivity index (χ0v) is 11.4. The molecule has 0 atom stereocenters. The van der Waals surface area contributed by atoms with Crippen molar-refractivity contribution < 1.29 is 13.3 Å². The number of anilines is 1. The summed E-state index contributed by atoms with van der Waals surface area (Å²) in [6.45, 7) is 0. The number of benzene rings is 1. The van der Waals surface area contributed by atoms with Gasteiger partial charge in [0.05, 0.1) is 10.6 Å². The Kier molecular flexibility index (Phi) is 2.76. The van der Waals surface area contributed by atoms with Crippen molar-refractivity contribution in [3.63, 3.8) is 0 Å². The van der Waals surface area contributed by atoms with Crippen molar-refractivity contribution in [1.82, 2.24) is 5.43 Å². The molecule has 1 aliphatic carbocycles. The Morgan fingerprint density at radius 3 is 2.70 bits per heavy atom. The molecule has 0 saturated heterocycles. The number of hydrazine groups is 1. The molecule has 3 rings (SSSR count). The van der Waals surface area contributed by atoms with Crippen LogP contribution in [0.25, 0.3) is 0 Å². The van der Waals surface area contributed by atoms with Gasteiger partial charge >= 0.3 is 0 Å². The molecule has 1 aliphatic heterocycles. The molecule has 1 aromatic carbocycles. The van der Waals surface area contributed by atoms with Gasteiger partial charge in [-0.3, -0.25) is 15.1 Å². The summed E-state index contributed by atoms with van der Waals surface area (Å²) in [6, 6.07) is 3.76. The lowest BCUT2D eigenvalue weighted by Crippen LogP contribution is -2.45. The highest BCUT2D eigenvalue weighted by atomic mass is 32.2. The van der Waals surface area contributed by atoms with E-state index >= 15 is 0 Å². The van der Waals surface area contributed by atoms with Crippen LogP contribution in [0.3, 0.4) is 0 Å². The van der Waals surface area contributed by atoms with E-state index in [0.29, 0.717) is 11.5 Å². The number of nitrogens with one attached hydrogen (secondary N) is 1. The van der Waals surface area contributed by atoms with Crippen LogP contribution in [0.2, 0.25) is 0 Å². The van der Waals surface area contributed by atoms with E-state index in [-0.39, 0.29) is 16.5 Å². The fraction of sp³-hybridized carbons (Fsp3) is 0.364. The summed E-state index contributed by atoms with van der Waals surface area (Å²) in [5.41, 5.74) is 2.99. The molecule has 1 heterocycles. The number of nitro benzene ring substituents is 1. The van der Waals surface area contributed by atoms with E-state index in [4.69, 9.17) is 0 Å². The molecule has 1 saturated carbocycles. The third-order valence-corrected chi connectivity index (χ3v) is 4.59. The number of amidine groups is 1. The molecule has 1 aromatic rings. The molecule has 1 fully saturated rings. The number of sulfonamides is 1. The van der Waals surface area contributed by atoms with E-state index in [1.807, 2.05) is 0 Å². The van der Waals surface area contributed by atoms with Gasteiger partial charge in [-0.15, -0.1) is 4.40 Å². The Morgan fingerprint density at radius 1 is 1.45 bits per heavy atom. The molecule has 0 radical (unpaired) electrons. The van der Waals surface area contributed by atoms with Crippen molar-refractivity contribution in [2.75, 3.05) is 12.1 Å². The fourth-order valence-electron chi connectivity index (χ4n) is 2.18. The Bertz CT molecular complexity index is 724. The van der Waals surface area contributed by atoms with Crippen LogP contribution in [0.15, 0.2) is 27.5 Å². The van der Waals surface area contributed by atoms with Crippen molar-refractivity contribution in [3.05, 3.63) is 28.3 Å². The minimum Gasteiger partial charge on any atom is -0.261 e. The number of rotatable bonds is 3. The van der Waals surface area contributed by atoms with Gasteiger partial charge in [0, 0.05) is 25.1 Å². The van der Waals surface area contributed by atoms with Crippen LogP contribution >= 0.6 is 0 Å². The second kappa shape index (κ2) is 4.25. The highest BCUT2D eigenvalue weighted by Gasteiger charge is 2.39. The number of nitro groups is 1. The molecule has 0 amide bonds. The lowest BCUT2D eigenvalue weighted by atomic mass is 10.2. The molecule has 1 N–H and O–H groups in total. The molecule has 0 spiro atoms. The number of nitrogens with zero attached hydrogens (tertiary/aromatic N) is 3. The Morgan fingerprint density at radius 2 is 2.15 bits per heavy atom. The highest BCUT2D eigenvalue weighted by molar-refractivity contribution is 7.90. The number of non-ortho nitro benzene ring substituents is 1. The zero-order valence-electron chi connectivity index (χ0n) is 10.6. The lowest BCUT2D eigenvalue weighted by Gasteiger charge is -2.29.